The van der Waals surface area contributed by atoms with E-state index >= 15 is 0 Å². The quantitative estimate of drug-likeness (QED) is 0.752. The highest BCUT2D eigenvalue weighted by atomic mass is 32.2. The van der Waals surface area contributed by atoms with Gasteiger partial charge < -0.3 is 9.47 Å². The Morgan fingerprint density at radius 1 is 1.08 bits per heavy atom. The summed E-state index contributed by atoms with van der Waals surface area (Å²) in [6.07, 6.45) is 2.01. The minimum atomic E-state index is -3.64. The highest BCUT2D eigenvalue weighted by molar-refractivity contribution is 7.89. The van der Waals surface area contributed by atoms with Crippen LogP contribution >= 0.6 is 0 Å². The van der Waals surface area contributed by atoms with Crippen molar-refractivity contribution in [2.75, 3.05) is 13.7 Å². The maximum Gasteiger partial charge on any atom is 0.343 e. The molecule has 0 bridgehead atoms. The van der Waals surface area contributed by atoms with Crippen LogP contribution in [0.15, 0.2) is 59.6 Å². The molecule has 0 radical (unpaired) electrons. The van der Waals surface area contributed by atoms with Crippen LogP contribution in [0.5, 0.6) is 5.75 Å². The highest BCUT2D eigenvalue weighted by Gasteiger charge is 2.32. The van der Waals surface area contributed by atoms with Crippen molar-refractivity contribution in [3.05, 3.63) is 65.9 Å². The van der Waals surface area contributed by atoms with Gasteiger partial charge in [-0.3, -0.25) is 4.31 Å². The molecule has 136 valence electrons. The predicted molar refractivity (Wildman–Crippen MR) is 97.0 cm³/mol. The van der Waals surface area contributed by atoms with Gasteiger partial charge >= 0.3 is 5.97 Å². The zero-order valence-corrected chi connectivity index (χ0v) is 15.3. The molecule has 0 aromatic heterocycles. The molecule has 0 N–H and O–H groups in total. The van der Waals surface area contributed by atoms with Gasteiger partial charge in [0.25, 0.3) is 10.0 Å². The third kappa shape index (κ3) is 3.30. The van der Waals surface area contributed by atoms with Crippen LogP contribution in [0.4, 0.5) is 0 Å². The van der Waals surface area contributed by atoms with Crippen LogP contribution in [0.1, 0.15) is 29.3 Å². The molecule has 2 aromatic carbocycles. The molecule has 0 saturated carbocycles. The van der Waals surface area contributed by atoms with Gasteiger partial charge in [0.05, 0.1) is 23.8 Å². The lowest BCUT2D eigenvalue weighted by Crippen LogP contribution is -2.31. The molecule has 6 nitrogen and oxygen atoms in total. The summed E-state index contributed by atoms with van der Waals surface area (Å²) in [5.74, 6) is 0.276. The summed E-state index contributed by atoms with van der Waals surface area (Å²) in [6.45, 7) is 2.19. The molecule has 0 atom stereocenters. The van der Waals surface area contributed by atoms with Crippen molar-refractivity contribution in [2.45, 2.75) is 18.2 Å². The Hall–Kier alpha value is -2.80. The first-order chi connectivity index (χ1) is 12.5. The molecule has 0 spiro atoms. The lowest BCUT2D eigenvalue weighted by atomic mass is 10.2. The average molecular weight is 373 g/mol. The number of benzene rings is 2. The van der Waals surface area contributed by atoms with Crippen LogP contribution in [-0.2, 0) is 14.8 Å². The number of ether oxygens (including phenoxy) is 2. The molecule has 0 aliphatic carbocycles. The van der Waals surface area contributed by atoms with Crippen molar-refractivity contribution >= 4 is 21.8 Å². The first-order valence-corrected chi connectivity index (χ1v) is 9.60. The molecule has 3 rings (SSSR count). The van der Waals surface area contributed by atoms with Crippen LogP contribution in [-0.4, -0.2) is 32.3 Å². The third-order valence-electron chi connectivity index (χ3n) is 3.97. The molecule has 2 aromatic rings. The average Bonchev–Trinajstić information content (AvgIpc) is 2.66. The number of carbonyl (C=O) groups is 1. The number of rotatable bonds is 5. The minimum absolute atomic E-state index is 0.133. The van der Waals surface area contributed by atoms with Crippen molar-refractivity contribution in [2.24, 2.45) is 0 Å². The first kappa shape index (κ1) is 18.0. The molecule has 0 unspecified atom stereocenters. The van der Waals surface area contributed by atoms with Gasteiger partial charge in [0.2, 0.25) is 0 Å². The van der Waals surface area contributed by atoms with Gasteiger partial charge in [-0.05, 0) is 42.8 Å². The van der Waals surface area contributed by atoms with E-state index in [-0.39, 0.29) is 10.7 Å². The monoisotopic (exact) mass is 373 g/mol. The second kappa shape index (κ2) is 7.21. The maximum atomic E-state index is 12.7. The lowest BCUT2D eigenvalue weighted by molar-refractivity contribution is 0.0689. The van der Waals surface area contributed by atoms with E-state index in [0.717, 1.165) is 0 Å². The standard InChI is InChI=1S/C19H19NO5S/c1-3-12-20-13-17(16-6-4-5-7-18(16)26(20,22)23)25-19(21)14-8-10-15(24-2)11-9-14/h4-11,13H,3,12H2,1-2H3. The fourth-order valence-corrected chi connectivity index (χ4v) is 4.27. The van der Waals surface area contributed by atoms with Crippen LogP contribution in [0.25, 0.3) is 5.76 Å². The highest BCUT2D eigenvalue weighted by Crippen LogP contribution is 2.33. The predicted octanol–water partition coefficient (Wildman–Crippen LogP) is 3.26. The summed E-state index contributed by atoms with van der Waals surface area (Å²) in [5, 5.41) is 0. The first-order valence-electron chi connectivity index (χ1n) is 8.16. The SMILES string of the molecule is CCCN1C=C(OC(=O)c2ccc(OC)cc2)c2ccccc2S1(=O)=O. The largest absolute Gasteiger partial charge is 0.497 e. The molecular weight excluding hydrogens is 354 g/mol. The number of fused-ring (bicyclic) bond motifs is 1. The fourth-order valence-electron chi connectivity index (χ4n) is 2.66. The van der Waals surface area contributed by atoms with E-state index in [2.05, 4.69) is 0 Å². The van der Waals surface area contributed by atoms with Crippen molar-refractivity contribution in [3.8, 4) is 5.75 Å². The van der Waals surface area contributed by atoms with Crippen LogP contribution in [0.2, 0.25) is 0 Å². The summed E-state index contributed by atoms with van der Waals surface area (Å²) >= 11 is 0. The topological polar surface area (TPSA) is 72.9 Å². The van der Waals surface area contributed by atoms with E-state index in [1.54, 1.807) is 49.6 Å². The van der Waals surface area contributed by atoms with E-state index in [0.29, 0.717) is 29.8 Å². The fraction of sp³-hybridized carbons (Fsp3) is 0.211. The summed E-state index contributed by atoms with van der Waals surface area (Å²) < 4.78 is 37.2. The van der Waals surface area contributed by atoms with Gasteiger partial charge in [-0.15, -0.1) is 0 Å². The smallest absolute Gasteiger partial charge is 0.343 e. The molecule has 1 heterocycles. The van der Waals surface area contributed by atoms with Crippen molar-refractivity contribution in [3.63, 3.8) is 0 Å². The molecule has 0 amide bonds. The van der Waals surface area contributed by atoms with Crippen LogP contribution < -0.4 is 4.74 Å². The molecule has 0 fully saturated rings. The van der Waals surface area contributed by atoms with Crippen molar-refractivity contribution in [1.29, 1.82) is 0 Å². The van der Waals surface area contributed by atoms with E-state index in [4.69, 9.17) is 9.47 Å². The summed E-state index contributed by atoms with van der Waals surface area (Å²) in [7, 11) is -2.10. The molecule has 1 aliphatic heterocycles. The number of sulfonamides is 1. The molecular formula is C19H19NO5S. The Bertz CT molecular complexity index is 948. The number of carbonyl (C=O) groups excluding carboxylic acids is 1. The van der Waals surface area contributed by atoms with Crippen molar-refractivity contribution in [1.82, 2.24) is 4.31 Å². The number of hydrogen-bond acceptors (Lipinski definition) is 5. The Morgan fingerprint density at radius 2 is 1.77 bits per heavy atom. The maximum absolute atomic E-state index is 12.7. The molecule has 0 saturated heterocycles. The Labute approximate surface area is 152 Å². The van der Waals surface area contributed by atoms with Gasteiger partial charge in [-0.2, -0.15) is 0 Å². The van der Waals surface area contributed by atoms with Crippen molar-refractivity contribution < 1.29 is 22.7 Å². The van der Waals surface area contributed by atoms with Gasteiger partial charge in [-0.25, -0.2) is 13.2 Å². The van der Waals surface area contributed by atoms with Gasteiger partial charge in [0, 0.05) is 12.1 Å². The summed E-state index contributed by atoms with van der Waals surface area (Å²) in [6, 6.07) is 13.0. The normalized spacial score (nSPS) is 15.0. The Kier molecular flexibility index (Phi) is 4.99. The number of nitrogens with zero attached hydrogens (tertiary/aromatic N) is 1. The molecule has 26 heavy (non-hydrogen) atoms. The number of hydrogen-bond donors (Lipinski definition) is 0. The zero-order chi connectivity index (χ0) is 18.7. The van der Waals surface area contributed by atoms with E-state index in [1.165, 1.54) is 16.6 Å². The number of esters is 1. The van der Waals surface area contributed by atoms with E-state index < -0.39 is 16.0 Å². The van der Waals surface area contributed by atoms with Gasteiger partial charge in [0.15, 0.2) is 5.76 Å². The second-order valence-corrected chi connectivity index (χ2v) is 7.58. The van der Waals surface area contributed by atoms with Crippen LogP contribution in [0, 0.1) is 0 Å². The molecule has 1 aliphatic rings. The second-order valence-electron chi connectivity index (χ2n) is 5.72. The lowest BCUT2D eigenvalue weighted by Gasteiger charge is -2.27. The third-order valence-corrected chi connectivity index (χ3v) is 5.79. The Morgan fingerprint density at radius 3 is 2.42 bits per heavy atom. The van der Waals surface area contributed by atoms with Gasteiger partial charge in [-0.1, -0.05) is 19.1 Å². The number of methoxy groups -OCH3 is 1. The van der Waals surface area contributed by atoms with Crippen LogP contribution in [0.3, 0.4) is 0 Å². The molecule has 7 heteroatoms. The minimum Gasteiger partial charge on any atom is -0.497 e. The van der Waals surface area contributed by atoms with E-state index in [1.807, 2.05) is 6.92 Å². The van der Waals surface area contributed by atoms with E-state index in [9.17, 15) is 13.2 Å². The summed E-state index contributed by atoms with van der Waals surface area (Å²) in [4.78, 5) is 12.6. The zero-order valence-electron chi connectivity index (χ0n) is 14.5. The Balaban J connectivity index is 1.95. The summed E-state index contributed by atoms with van der Waals surface area (Å²) in [5.41, 5.74) is 0.723. The van der Waals surface area contributed by atoms with Gasteiger partial charge in [0.1, 0.15) is 5.75 Å².